The minimum absolute atomic E-state index is 0.141. The number of thioether (sulfide) groups is 2. The summed E-state index contributed by atoms with van der Waals surface area (Å²) < 4.78 is 6.04. The molecule has 0 aromatic carbocycles. The number of carbonyl (C=O) groups is 1. The molecule has 0 radical (unpaired) electrons. The highest BCUT2D eigenvalue weighted by Crippen LogP contribution is 2.53. The zero-order chi connectivity index (χ0) is 30.2. The molecule has 0 aromatic heterocycles. The predicted octanol–water partition coefficient (Wildman–Crippen LogP) is 10.8. The Hall–Kier alpha value is -0.390. The first-order valence-corrected chi connectivity index (χ1v) is 18.7. The van der Waals surface area contributed by atoms with Crippen molar-refractivity contribution in [3.8, 4) is 0 Å². The minimum atomic E-state index is -0.985. The van der Waals surface area contributed by atoms with Crippen LogP contribution in [0.15, 0.2) is 23.0 Å². The third-order valence-corrected chi connectivity index (χ3v) is 10.2. The Morgan fingerprint density at radius 3 is 1.80 bits per heavy atom. The number of aliphatic hydroxyl groups is 1. The zero-order valence-electron chi connectivity index (χ0n) is 27.8. The average Bonchev–Trinajstić information content (AvgIpc) is 2.86. The highest BCUT2D eigenvalue weighted by atomic mass is 32.2. The first-order valence-electron chi connectivity index (χ1n) is 16.4. The summed E-state index contributed by atoms with van der Waals surface area (Å²) in [4.78, 5) is 12.6. The van der Waals surface area contributed by atoms with Crippen molar-refractivity contribution < 1.29 is 14.6 Å². The maximum atomic E-state index is 12.8. The molecule has 2 atom stereocenters. The lowest BCUT2D eigenvalue weighted by Gasteiger charge is -2.50. The van der Waals surface area contributed by atoms with Crippen molar-refractivity contribution in [3.63, 3.8) is 0 Å². The van der Waals surface area contributed by atoms with Gasteiger partial charge in [0, 0.05) is 29.4 Å². The van der Waals surface area contributed by atoms with Crippen LogP contribution in [0.25, 0.3) is 0 Å². The molecule has 0 aliphatic heterocycles. The van der Waals surface area contributed by atoms with Crippen LogP contribution in [0.4, 0.5) is 0 Å². The second-order valence-electron chi connectivity index (χ2n) is 13.9. The quantitative estimate of drug-likeness (QED) is 0.112. The van der Waals surface area contributed by atoms with Crippen molar-refractivity contribution in [1.29, 1.82) is 0 Å². The molecule has 0 aromatic rings. The number of hydrogen-bond donors (Lipinski definition) is 1. The summed E-state index contributed by atoms with van der Waals surface area (Å²) in [7, 11) is 0. The van der Waals surface area contributed by atoms with E-state index in [-0.39, 0.29) is 22.7 Å². The zero-order valence-corrected chi connectivity index (χ0v) is 29.4. The summed E-state index contributed by atoms with van der Waals surface area (Å²) in [6, 6.07) is 0. The SMILES string of the molecule is CCCCCCCCSCC1=C(C(C)(C)C)C(O)(CSCCCCCCCC)C(C(C)(C)C)C=C1OC(=O)CC. The van der Waals surface area contributed by atoms with Gasteiger partial charge < -0.3 is 9.84 Å². The third-order valence-electron chi connectivity index (χ3n) is 7.91. The van der Waals surface area contributed by atoms with Gasteiger partial charge in [-0.2, -0.15) is 23.5 Å². The van der Waals surface area contributed by atoms with Crippen LogP contribution in [0.2, 0.25) is 0 Å². The van der Waals surface area contributed by atoms with Crippen LogP contribution in [-0.2, 0) is 9.53 Å². The van der Waals surface area contributed by atoms with E-state index >= 15 is 0 Å². The number of unbranched alkanes of at least 4 members (excludes halogenated alkanes) is 10. The largest absolute Gasteiger partial charge is 0.427 e. The average molecular weight is 597 g/mol. The first kappa shape index (κ1) is 37.6. The molecule has 0 spiro atoms. The van der Waals surface area contributed by atoms with Crippen molar-refractivity contribution in [2.45, 2.75) is 151 Å². The van der Waals surface area contributed by atoms with Crippen LogP contribution < -0.4 is 0 Å². The molecule has 3 nitrogen and oxygen atoms in total. The lowest BCUT2D eigenvalue weighted by atomic mass is 9.60. The number of ether oxygens (including phenoxy) is 1. The van der Waals surface area contributed by atoms with Gasteiger partial charge in [-0.15, -0.1) is 0 Å². The Labute approximate surface area is 257 Å². The molecule has 0 saturated carbocycles. The number of carbonyl (C=O) groups excluding carboxylic acids is 1. The molecule has 1 aliphatic rings. The molecule has 1 aliphatic carbocycles. The first-order chi connectivity index (χ1) is 18.8. The van der Waals surface area contributed by atoms with Gasteiger partial charge in [-0.3, -0.25) is 4.79 Å². The van der Waals surface area contributed by atoms with Crippen LogP contribution in [0.3, 0.4) is 0 Å². The number of hydrogen-bond acceptors (Lipinski definition) is 5. The molecule has 5 heteroatoms. The van der Waals surface area contributed by atoms with Gasteiger partial charge in [0.15, 0.2) is 0 Å². The van der Waals surface area contributed by atoms with Crippen molar-refractivity contribution in [2.75, 3.05) is 23.0 Å². The maximum absolute atomic E-state index is 12.8. The Morgan fingerprint density at radius 2 is 1.32 bits per heavy atom. The van der Waals surface area contributed by atoms with Gasteiger partial charge in [-0.25, -0.2) is 0 Å². The van der Waals surface area contributed by atoms with Crippen molar-refractivity contribution in [3.05, 3.63) is 23.0 Å². The fraction of sp³-hybridized carbons (Fsp3) is 0.857. The van der Waals surface area contributed by atoms with E-state index in [1.165, 1.54) is 77.0 Å². The third kappa shape index (κ3) is 12.9. The van der Waals surface area contributed by atoms with E-state index in [1.54, 1.807) is 0 Å². The van der Waals surface area contributed by atoms with Gasteiger partial charge in [0.2, 0.25) is 0 Å². The van der Waals surface area contributed by atoms with Crippen LogP contribution in [0.5, 0.6) is 0 Å². The molecule has 234 valence electrons. The minimum Gasteiger partial charge on any atom is -0.427 e. The van der Waals surface area contributed by atoms with Gasteiger partial charge in [0.1, 0.15) is 11.4 Å². The fourth-order valence-corrected chi connectivity index (χ4v) is 8.20. The summed E-state index contributed by atoms with van der Waals surface area (Å²) in [6.45, 7) is 19.6. The van der Waals surface area contributed by atoms with Gasteiger partial charge in [0.05, 0.1) is 0 Å². The van der Waals surface area contributed by atoms with Gasteiger partial charge >= 0.3 is 5.97 Å². The molecular weight excluding hydrogens is 533 g/mol. The monoisotopic (exact) mass is 596 g/mol. The Kier molecular flexibility index (Phi) is 17.9. The van der Waals surface area contributed by atoms with E-state index in [0.717, 1.165) is 28.4 Å². The van der Waals surface area contributed by atoms with Crippen molar-refractivity contribution in [1.82, 2.24) is 0 Å². The molecule has 0 bridgehead atoms. The summed E-state index contributed by atoms with van der Waals surface area (Å²) in [5.41, 5.74) is 0.697. The predicted molar refractivity (Wildman–Crippen MR) is 180 cm³/mol. The van der Waals surface area contributed by atoms with E-state index in [1.807, 2.05) is 30.4 Å². The van der Waals surface area contributed by atoms with Crippen molar-refractivity contribution >= 4 is 29.5 Å². The lowest BCUT2D eigenvalue weighted by molar-refractivity contribution is -0.139. The highest BCUT2D eigenvalue weighted by molar-refractivity contribution is 7.99. The van der Waals surface area contributed by atoms with E-state index in [0.29, 0.717) is 17.9 Å². The normalized spacial score (nSPS) is 20.1. The molecule has 40 heavy (non-hydrogen) atoms. The number of rotatable bonds is 20. The Bertz CT molecular complexity index is 787. The van der Waals surface area contributed by atoms with Crippen LogP contribution in [0.1, 0.15) is 146 Å². The van der Waals surface area contributed by atoms with E-state index < -0.39 is 5.60 Å². The molecule has 2 unspecified atom stereocenters. The van der Waals surface area contributed by atoms with E-state index in [9.17, 15) is 9.90 Å². The van der Waals surface area contributed by atoms with Crippen LogP contribution in [0, 0.1) is 16.7 Å². The van der Waals surface area contributed by atoms with E-state index in [4.69, 9.17) is 4.74 Å². The molecular formula is C35H64O3S2. The van der Waals surface area contributed by atoms with Gasteiger partial charge in [-0.05, 0) is 46.8 Å². The highest BCUT2D eigenvalue weighted by Gasteiger charge is 2.52. The summed E-state index contributed by atoms with van der Waals surface area (Å²) in [5.74, 6) is 3.96. The van der Waals surface area contributed by atoms with E-state index in [2.05, 4.69) is 61.5 Å². The van der Waals surface area contributed by atoms with Crippen LogP contribution in [-0.4, -0.2) is 39.7 Å². The number of allylic oxidation sites excluding steroid dienone is 1. The molecule has 0 heterocycles. The van der Waals surface area contributed by atoms with Gasteiger partial charge in [0.25, 0.3) is 0 Å². The lowest BCUT2D eigenvalue weighted by Crippen LogP contribution is -2.53. The Balaban J connectivity index is 3.25. The van der Waals surface area contributed by atoms with Crippen LogP contribution >= 0.6 is 23.5 Å². The summed E-state index contributed by atoms with van der Waals surface area (Å²) in [6.07, 6.45) is 17.9. The second-order valence-corrected chi connectivity index (χ2v) is 16.1. The summed E-state index contributed by atoms with van der Waals surface area (Å²) >= 11 is 3.82. The molecule has 0 amide bonds. The molecule has 0 saturated heterocycles. The molecule has 1 rings (SSSR count). The van der Waals surface area contributed by atoms with Crippen molar-refractivity contribution in [2.24, 2.45) is 16.7 Å². The molecule has 1 N–H and O–H groups in total. The standard InChI is InChI=1S/C35H64O3S2/c1-10-13-15-17-19-21-23-39-26-28-29(38-31(36)12-3)25-30(33(4,5)6)35(37,32(28)34(7,8)9)27-40-24-22-20-18-16-14-11-2/h25,30,37H,10-24,26-27H2,1-9H3. The smallest absolute Gasteiger partial charge is 0.310 e. The Morgan fingerprint density at radius 1 is 0.825 bits per heavy atom. The molecule has 0 fully saturated rings. The topological polar surface area (TPSA) is 46.5 Å². The fourth-order valence-electron chi connectivity index (χ4n) is 5.96. The maximum Gasteiger partial charge on any atom is 0.310 e. The number of esters is 1. The second kappa shape index (κ2) is 19.0. The summed E-state index contributed by atoms with van der Waals surface area (Å²) in [5, 5.41) is 12.8. The van der Waals surface area contributed by atoms with Gasteiger partial charge in [-0.1, -0.05) is 127 Å².